The van der Waals surface area contributed by atoms with Crippen LogP contribution in [0.25, 0.3) is 11.2 Å². The van der Waals surface area contributed by atoms with Crippen LogP contribution in [0.5, 0.6) is 0 Å². The molecule has 0 amide bonds. The number of unbranched alkanes of at least 4 members (excludes halogenated alkanes) is 3. The first-order valence-corrected chi connectivity index (χ1v) is 10.5. The van der Waals surface area contributed by atoms with Gasteiger partial charge in [0.15, 0.2) is 5.65 Å². The fraction of sp³-hybridized carbons (Fsp3) is 0.450. The molecule has 0 saturated heterocycles. The number of nitrogens with one attached hydrogen (secondary N) is 1. The van der Waals surface area contributed by atoms with Crippen LogP contribution in [0.4, 0.5) is 5.95 Å². The Morgan fingerprint density at radius 1 is 1.18 bits per heavy atom. The Labute approximate surface area is 172 Å². The van der Waals surface area contributed by atoms with Gasteiger partial charge in [0.2, 0.25) is 5.95 Å². The fourth-order valence-electron chi connectivity index (χ4n) is 3.34. The van der Waals surface area contributed by atoms with Crippen LogP contribution in [0.3, 0.4) is 0 Å². The van der Waals surface area contributed by atoms with Crippen LogP contribution in [0.1, 0.15) is 38.2 Å². The molecule has 0 saturated carbocycles. The number of nitrogens with zero attached hydrogens (tertiary/aromatic N) is 4. The molecular formula is C20H27ClN5OP. The molecule has 3 aromatic rings. The number of hydrogen-bond acceptors (Lipinski definition) is 3. The quantitative estimate of drug-likeness (QED) is 0.433. The zero-order valence-electron chi connectivity index (χ0n) is 16.6. The first-order chi connectivity index (χ1) is 13.4. The number of imidazole rings is 1. The Kier molecular flexibility index (Phi) is 6.63. The monoisotopic (exact) mass is 419 g/mol. The minimum absolute atomic E-state index is 0.126. The Morgan fingerprint density at radius 3 is 2.68 bits per heavy atom. The standard InChI is InChI=1S/C20H27ClN5OP/c1-4-5-6-7-11-22-19-23-17-16(18(28)25(3)20(27)24(17)2)26(19)13-14-9-8-10-15(21)12-14/h8-10,12,28H,4-7,11,13H2,1-3H3,(H,22,23). The molecule has 1 aromatic carbocycles. The van der Waals surface area contributed by atoms with E-state index in [9.17, 15) is 4.79 Å². The maximum absolute atomic E-state index is 12.5. The summed E-state index contributed by atoms with van der Waals surface area (Å²) in [5.74, 6) is 0.757. The van der Waals surface area contributed by atoms with Gasteiger partial charge in [0, 0.05) is 25.7 Å². The lowest BCUT2D eigenvalue weighted by Crippen LogP contribution is -2.28. The summed E-state index contributed by atoms with van der Waals surface area (Å²) in [6, 6.07) is 7.80. The second kappa shape index (κ2) is 8.97. The molecule has 150 valence electrons. The van der Waals surface area contributed by atoms with E-state index in [1.54, 1.807) is 23.2 Å². The molecule has 1 N–H and O–H groups in total. The summed E-state index contributed by atoms with van der Waals surface area (Å²) < 4.78 is 5.26. The number of aromatic nitrogens is 4. The van der Waals surface area contributed by atoms with Crippen molar-refractivity contribution in [3.8, 4) is 0 Å². The molecule has 0 fully saturated rings. The van der Waals surface area contributed by atoms with Gasteiger partial charge >= 0.3 is 5.69 Å². The molecule has 0 aliphatic heterocycles. The number of aryl methyl sites for hydroxylation is 1. The average molecular weight is 420 g/mol. The van der Waals surface area contributed by atoms with Crippen LogP contribution in [-0.4, -0.2) is 25.2 Å². The van der Waals surface area contributed by atoms with E-state index in [0.717, 1.165) is 30.0 Å². The minimum Gasteiger partial charge on any atom is -0.356 e. The third kappa shape index (κ3) is 4.18. The van der Waals surface area contributed by atoms with Crippen LogP contribution in [0.2, 0.25) is 5.02 Å². The van der Waals surface area contributed by atoms with E-state index in [1.165, 1.54) is 19.3 Å². The van der Waals surface area contributed by atoms with Crippen LogP contribution >= 0.6 is 20.5 Å². The predicted octanol–water partition coefficient (Wildman–Crippen LogP) is 4.44. The van der Waals surface area contributed by atoms with E-state index in [0.29, 0.717) is 22.3 Å². The van der Waals surface area contributed by atoms with E-state index in [4.69, 9.17) is 16.6 Å². The Hall–Kier alpha value is -2.04. The van der Waals surface area contributed by atoms with E-state index in [-0.39, 0.29) is 5.69 Å². The Balaban J connectivity index is 2.07. The number of benzene rings is 1. The summed E-state index contributed by atoms with van der Waals surface area (Å²) in [6.07, 6.45) is 4.71. The van der Waals surface area contributed by atoms with Crippen LogP contribution < -0.4 is 11.0 Å². The topological polar surface area (TPSA) is 56.8 Å². The van der Waals surface area contributed by atoms with Gasteiger partial charge in [-0.2, -0.15) is 4.98 Å². The van der Waals surface area contributed by atoms with Crippen LogP contribution in [0, 0.1) is 5.07 Å². The normalized spacial score (nSPS) is 11.3. The number of halogens is 1. The molecule has 0 radical (unpaired) electrons. The second-order valence-electron chi connectivity index (χ2n) is 7.06. The predicted molar refractivity (Wildman–Crippen MR) is 119 cm³/mol. The molecule has 0 aliphatic carbocycles. The van der Waals surface area contributed by atoms with E-state index in [1.807, 2.05) is 24.3 Å². The number of rotatable bonds is 8. The van der Waals surface area contributed by atoms with Crippen molar-refractivity contribution in [3.63, 3.8) is 0 Å². The zero-order chi connectivity index (χ0) is 20.3. The first-order valence-electron chi connectivity index (χ1n) is 9.63. The highest BCUT2D eigenvalue weighted by atomic mass is 35.5. The molecule has 0 spiro atoms. The van der Waals surface area contributed by atoms with Crippen molar-refractivity contribution in [2.45, 2.75) is 39.2 Å². The van der Waals surface area contributed by atoms with Gasteiger partial charge in [-0.3, -0.25) is 9.13 Å². The highest BCUT2D eigenvalue weighted by Gasteiger charge is 2.17. The molecule has 3 rings (SSSR count). The number of anilines is 1. The maximum Gasteiger partial charge on any atom is 0.329 e. The highest BCUT2D eigenvalue weighted by Crippen LogP contribution is 2.23. The van der Waals surface area contributed by atoms with Gasteiger partial charge < -0.3 is 9.88 Å². The molecule has 0 aliphatic rings. The van der Waals surface area contributed by atoms with Gasteiger partial charge in [-0.15, -0.1) is 0 Å². The van der Waals surface area contributed by atoms with Gasteiger partial charge in [-0.1, -0.05) is 58.8 Å². The summed E-state index contributed by atoms with van der Waals surface area (Å²) in [6.45, 7) is 3.65. The van der Waals surface area contributed by atoms with Crippen LogP contribution in [0.15, 0.2) is 29.1 Å². The zero-order valence-corrected chi connectivity index (χ0v) is 18.4. The number of fused-ring (bicyclic) bond motifs is 1. The van der Waals surface area contributed by atoms with Gasteiger partial charge in [0.05, 0.1) is 11.6 Å². The second-order valence-corrected chi connectivity index (χ2v) is 7.97. The Morgan fingerprint density at radius 2 is 1.96 bits per heavy atom. The van der Waals surface area contributed by atoms with Crippen molar-refractivity contribution in [1.29, 1.82) is 0 Å². The molecule has 0 bridgehead atoms. The van der Waals surface area contributed by atoms with Crippen molar-refractivity contribution in [2.24, 2.45) is 14.1 Å². The molecule has 0 atom stereocenters. The molecule has 2 aromatic heterocycles. The maximum atomic E-state index is 12.5. The highest BCUT2D eigenvalue weighted by molar-refractivity contribution is 7.07. The lowest BCUT2D eigenvalue weighted by Gasteiger charge is -2.12. The molecular weight excluding hydrogens is 393 g/mol. The van der Waals surface area contributed by atoms with E-state index < -0.39 is 0 Å². The van der Waals surface area contributed by atoms with Crippen LogP contribution in [-0.2, 0) is 20.6 Å². The fourth-order valence-corrected chi connectivity index (χ4v) is 3.89. The number of hydrogen-bond donors (Lipinski definition) is 1. The lowest BCUT2D eigenvalue weighted by atomic mass is 10.2. The molecule has 28 heavy (non-hydrogen) atoms. The summed E-state index contributed by atoms with van der Waals surface area (Å²) in [5.41, 5.74) is 2.46. The first kappa shape index (κ1) is 20.7. The molecule has 2 heterocycles. The van der Waals surface area contributed by atoms with Crippen molar-refractivity contribution < 1.29 is 0 Å². The minimum atomic E-state index is -0.126. The van der Waals surface area contributed by atoms with E-state index in [2.05, 4.69) is 25.7 Å². The summed E-state index contributed by atoms with van der Waals surface area (Å²) >= 11 is 6.18. The van der Waals surface area contributed by atoms with Gasteiger partial charge in [-0.05, 0) is 24.1 Å². The lowest BCUT2D eigenvalue weighted by molar-refractivity contribution is 0.680. The average Bonchev–Trinajstić information content (AvgIpc) is 3.03. The smallest absolute Gasteiger partial charge is 0.329 e. The molecule has 6 nitrogen and oxygen atoms in total. The summed E-state index contributed by atoms with van der Waals surface area (Å²) in [5, 5.41) is 4.86. The largest absolute Gasteiger partial charge is 0.356 e. The van der Waals surface area contributed by atoms with Gasteiger partial charge in [0.1, 0.15) is 5.52 Å². The van der Waals surface area contributed by atoms with E-state index >= 15 is 0 Å². The third-order valence-corrected chi connectivity index (χ3v) is 5.75. The van der Waals surface area contributed by atoms with Crippen molar-refractivity contribution in [1.82, 2.24) is 18.7 Å². The molecule has 8 heteroatoms. The van der Waals surface area contributed by atoms with Crippen molar-refractivity contribution >= 4 is 37.6 Å². The third-order valence-electron chi connectivity index (χ3n) is 4.94. The van der Waals surface area contributed by atoms with Gasteiger partial charge in [-0.25, -0.2) is 4.79 Å². The van der Waals surface area contributed by atoms with Crippen molar-refractivity contribution in [3.05, 3.63) is 50.4 Å². The van der Waals surface area contributed by atoms with Crippen molar-refractivity contribution in [2.75, 3.05) is 11.9 Å². The Bertz CT molecular complexity index is 1100. The summed E-state index contributed by atoms with van der Waals surface area (Å²) in [4.78, 5) is 17.2. The van der Waals surface area contributed by atoms with Gasteiger partial charge in [0.25, 0.3) is 0 Å². The SMILES string of the molecule is CCCCCCNc1nc2c(c(=P)n(C)c(=O)n2C)n1Cc1cccc(Cl)c1. The molecule has 0 unspecified atom stereocenters. The summed E-state index contributed by atoms with van der Waals surface area (Å²) in [7, 11) is 7.15.